The van der Waals surface area contributed by atoms with Gasteiger partial charge in [0.25, 0.3) is 5.91 Å². The molecular weight excluding hydrogens is 312 g/mol. The molecule has 0 heterocycles. The maximum absolute atomic E-state index is 12.4. The zero-order valence-corrected chi connectivity index (χ0v) is 14.4. The third-order valence-electron chi connectivity index (χ3n) is 3.27. The normalized spacial score (nSPS) is 10.3. The quantitative estimate of drug-likeness (QED) is 0.806. The number of anilines is 2. The first-order valence-corrected chi connectivity index (χ1v) is 7.33. The van der Waals surface area contributed by atoms with E-state index in [2.05, 4.69) is 5.32 Å². The van der Waals surface area contributed by atoms with Crippen LogP contribution in [-0.4, -0.2) is 12.0 Å². The number of ether oxygens (including phenoxy) is 1. The summed E-state index contributed by atoms with van der Waals surface area (Å²) in [6.07, 6.45) is 0.174. The molecule has 3 N–H and O–H groups in total. The van der Waals surface area contributed by atoms with Gasteiger partial charge in [-0.25, -0.2) is 0 Å². The van der Waals surface area contributed by atoms with Gasteiger partial charge in [0, 0.05) is 16.9 Å². The summed E-state index contributed by atoms with van der Waals surface area (Å²) in [5.41, 5.74) is 9.58. The van der Waals surface area contributed by atoms with Crippen molar-refractivity contribution in [1.29, 1.82) is 0 Å². The van der Waals surface area contributed by atoms with E-state index in [1.54, 1.807) is 12.1 Å². The largest absolute Gasteiger partial charge is 0.399 e. The summed E-state index contributed by atoms with van der Waals surface area (Å²) < 4.78 is 5.58. The number of nitrogens with two attached hydrogens (primary N) is 1. The monoisotopic (exact) mass is 334 g/mol. The van der Waals surface area contributed by atoms with Crippen molar-refractivity contribution in [2.75, 3.05) is 11.1 Å². The molecule has 0 saturated carbocycles. The van der Waals surface area contributed by atoms with E-state index in [9.17, 15) is 4.79 Å². The fraction of sp³-hybridized carbons (Fsp3) is 0.278. The number of hydrogen-bond acceptors (Lipinski definition) is 3. The lowest BCUT2D eigenvalue weighted by Gasteiger charge is -2.11. The minimum atomic E-state index is -0.160. The van der Waals surface area contributed by atoms with Gasteiger partial charge in [-0.05, 0) is 56.2 Å². The van der Waals surface area contributed by atoms with Gasteiger partial charge in [0.1, 0.15) is 0 Å². The molecular formula is C18H23ClN2O2. The Balaban J connectivity index is 0.00000264. The molecule has 0 spiro atoms. The molecule has 0 saturated heterocycles. The smallest absolute Gasteiger partial charge is 0.256 e. The van der Waals surface area contributed by atoms with Crippen LogP contribution in [0, 0.1) is 6.92 Å². The minimum absolute atomic E-state index is 0. The van der Waals surface area contributed by atoms with Crippen molar-refractivity contribution in [3.8, 4) is 0 Å². The van der Waals surface area contributed by atoms with Gasteiger partial charge in [0.2, 0.25) is 0 Å². The molecule has 0 aliphatic heterocycles. The lowest BCUT2D eigenvalue weighted by atomic mass is 10.1. The molecule has 0 aromatic heterocycles. The highest BCUT2D eigenvalue weighted by Crippen LogP contribution is 2.17. The molecule has 0 bridgehead atoms. The molecule has 5 heteroatoms. The number of carbonyl (C=O) groups excluding carboxylic acids is 1. The van der Waals surface area contributed by atoms with Crippen molar-refractivity contribution in [1.82, 2.24) is 0 Å². The van der Waals surface area contributed by atoms with E-state index in [1.807, 2.05) is 51.1 Å². The van der Waals surface area contributed by atoms with Gasteiger partial charge >= 0.3 is 0 Å². The van der Waals surface area contributed by atoms with E-state index in [0.29, 0.717) is 17.9 Å². The first-order chi connectivity index (χ1) is 10.5. The number of hydrogen-bond donors (Lipinski definition) is 2. The molecule has 0 unspecified atom stereocenters. The van der Waals surface area contributed by atoms with E-state index < -0.39 is 0 Å². The predicted molar refractivity (Wildman–Crippen MR) is 97.2 cm³/mol. The average molecular weight is 335 g/mol. The number of carbonyl (C=O) groups is 1. The summed E-state index contributed by atoms with van der Waals surface area (Å²) >= 11 is 0. The summed E-state index contributed by atoms with van der Waals surface area (Å²) in [4.78, 5) is 12.4. The highest BCUT2D eigenvalue weighted by atomic mass is 35.5. The van der Waals surface area contributed by atoms with Crippen LogP contribution in [0.15, 0.2) is 42.5 Å². The third kappa shape index (κ3) is 5.58. The molecule has 0 aliphatic carbocycles. The summed E-state index contributed by atoms with van der Waals surface area (Å²) in [5, 5.41) is 2.90. The Hall–Kier alpha value is -2.04. The molecule has 0 aliphatic rings. The molecule has 124 valence electrons. The van der Waals surface area contributed by atoms with Crippen LogP contribution in [0.5, 0.6) is 0 Å². The lowest BCUT2D eigenvalue weighted by molar-refractivity contribution is 0.0657. The number of aryl methyl sites for hydroxylation is 1. The van der Waals surface area contributed by atoms with E-state index >= 15 is 0 Å². The Morgan fingerprint density at radius 1 is 1.22 bits per heavy atom. The first kappa shape index (κ1) is 19.0. The van der Waals surface area contributed by atoms with Gasteiger partial charge in [-0.1, -0.05) is 18.2 Å². The second-order valence-electron chi connectivity index (χ2n) is 5.59. The Morgan fingerprint density at radius 3 is 2.65 bits per heavy atom. The topological polar surface area (TPSA) is 64.4 Å². The molecule has 0 fully saturated rings. The molecule has 1 amide bonds. The number of rotatable bonds is 5. The standard InChI is InChI=1S/C18H22N2O2.ClH/c1-12(2)22-11-14-5-4-6-16(9-14)20-18(21)17-10-15(19)8-7-13(17)3;/h4-10,12H,11,19H2,1-3H3,(H,20,21);1H. The second kappa shape index (κ2) is 8.56. The highest BCUT2D eigenvalue weighted by Gasteiger charge is 2.10. The zero-order valence-electron chi connectivity index (χ0n) is 13.6. The SMILES string of the molecule is Cc1ccc(N)cc1C(=O)Nc1cccc(COC(C)C)c1.Cl. The van der Waals surface area contributed by atoms with Crippen LogP contribution in [0.1, 0.15) is 35.3 Å². The average Bonchev–Trinajstić information content (AvgIpc) is 2.48. The molecule has 0 atom stereocenters. The van der Waals surface area contributed by atoms with Crippen LogP contribution in [0.4, 0.5) is 11.4 Å². The van der Waals surface area contributed by atoms with Gasteiger partial charge in [-0.15, -0.1) is 12.4 Å². The van der Waals surface area contributed by atoms with Gasteiger partial charge in [-0.3, -0.25) is 4.79 Å². The van der Waals surface area contributed by atoms with E-state index in [-0.39, 0.29) is 24.4 Å². The Morgan fingerprint density at radius 2 is 1.96 bits per heavy atom. The molecule has 2 aromatic rings. The molecule has 4 nitrogen and oxygen atoms in total. The lowest BCUT2D eigenvalue weighted by Crippen LogP contribution is -2.14. The van der Waals surface area contributed by atoms with Crippen molar-refractivity contribution in [3.05, 3.63) is 59.2 Å². The van der Waals surface area contributed by atoms with Gasteiger partial charge in [0.05, 0.1) is 12.7 Å². The van der Waals surface area contributed by atoms with Gasteiger partial charge < -0.3 is 15.8 Å². The van der Waals surface area contributed by atoms with Crippen molar-refractivity contribution < 1.29 is 9.53 Å². The van der Waals surface area contributed by atoms with Crippen LogP contribution in [0.3, 0.4) is 0 Å². The first-order valence-electron chi connectivity index (χ1n) is 7.33. The number of benzene rings is 2. The van der Waals surface area contributed by atoms with Crippen LogP contribution >= 0.6 is 12.4 Å². The second-order valence-corrected chi connectivity index (χ2v) is 5.59. The van der Waals surface area contributed by atoms with E-state index in [0.717, 1.165) is 16.8 Å². The number of amides is 1. The summed E-state index contributed by atoms with van der Waals surface area (Å²) in [6, 6.07) is 13.0. The number of nitrogens with one attached hydrogen (secondary N) is 1. The zero-order chi connectivity index (χ0) is 16.1. The van der Waals surface area contributed by atoms with Crippen LogP contribution in [-0.2, 0) is 11.3 Å². The maximum Gasteiger partial charge on any atom is 0.256 e. The predicted octanol–water partition coefficient (Wildman–Crippen LogP) is 4.18. The van der Waals surface area contributed by atoms with Crippen molar-refractivity contribution in [2.24, 2.45) is 0 Å². The Kier molecular flexibility index (Phi) is 7.07. The van der Waals surface area contributed by atoms with Crippen molar-refractivity contribution in [3.63, 3.8) is 0 Å². The highest BCUT2D eigenvalue weighted by molar-refractivity contribution is 6.05. The molecule has 2 aromatic carbocycles. The third-order valence-corrected chi connectivity index (χ3v) is 3.27. The van der Waals surface area contributed by atoms with E-state index in [1.165, 1.54) is 0 Å². The minimum Gasteiger partial charge on any atom is -0.399 e. The van der Waals surface area contributed by atoms with Gasteiger partial charge in [0.15, 0.2) is 0 Å². The van der Waals surface area contributed by atoms with Crippen molar-refractivity contribution in [2.45, 2.75) is 33.5 Å². The van der Waals surface area contributed by atoms with Gasteiger partial charge in [-0.2, -0.15) is 0 Å². The number of halogens is 1. The molecule has 23 heavy (non-hydrogen) atoms. The van der Waals surface area contributed by atoms with E-state index in [4.69, 9.17) is 10.5 Å². The summed E-state index contributed by atoms with van der Waals surface area (Å²) in [6.45, 7) is 6.41. The van der Waals surface area contributed by atoms with Crippen LogP contribution < -0.4 is 11.1 Å². The van der Waals surface area contributed by atoms with Crippen LogP contribution in [0.2, 0.25) is 0 Å². The fourth-order valence-electron chi connectivity index (χ4n) is 2.08. The number of nitrogen functional groups attached to an aromatic ring is 1. The maximum atomic E-state index is 12.4. The fourth-order valence-corrected chi connectivity index (χ4v) is 2.08. The molecule has 2 rings (SSSR count). The molecule has 0 radical (unpaired) electrons. The summed E-state index contributed by atoms with van der Waals surface area (Å²) in [7, 11) is 0. The Bertz CT molecular complexity index is 672. The Labute approximate surface area is 143 Å². The van der Waals surface area contributed by atoms with Crippen LogP contribution in [0.25, 0.3) is 0 Å². The summed E-state index contributed by atoms with van der Waals surface area (Å²) in [5.74, 6) is -0.160. The van der Waals surface area contributed by atoms with Crippen molar-refractivity contribution >= 4 is 29.7 Å².